The zero-order chi connectivity index (χ0) is 9.76. The van der Waals surface area contributed by atoms with E-state index in [-0.39, 0.29) is 0 Å². The van der Waals surface area contributed by atoms with Crippen LogP contribution in [0.2, 0.25) is 0 Å². The number of rotatable bonds is 1. The maximum atomic E-state index is 5.77. The van der Waals surface area contributed by atoms with Crippen molar-refractivity contribution in [2.24, 2.45) is 11.7 Å². The summed E-state index contributed by atoms with van der Waals surface area (Å²) in [7, 11) is 0. The van der Waals surface area contributed by atoms with Crippen LogP contribution < -0.4 is 5.73 Å². The summed E-state index contributed by atoms with van der Waals surface area (Å²) in [5.74, 6) is 0.755. The topological polar surface area (TPSA) is 26.0 Å². The molecule has 2 N–H and O–H groups in total. The highest BCUT2D eigenvalue weighted by Crippen LogP contribution is 2.61. The largest absolute Gasteiger partial charge is 0.330 e. The van der Waals surface area contributed by atoms with E-state index in [1.165, 1.54) is 29.3 Å². The molecular weight excluding hydrogens is 238 g/mol. The second kappa shape index (κ2) is 2.83. The summed E-state index contributed by atoms with van der Waals surface area (Å²) in [4.78, 5) is 0. The predicted molar refractivity (Wildman–Crippen MR) is 61.3 cm³/mol. The van der Waals surface area contributed by atoms with Gasteiger partial charge in [-0.2, -0.15) is 0 Å². The SMILES string of the molecule is NC[C@H]1C[C@]12CCc1cc(Br)ccc12. The van der Waals surface area contributed by atoms with Crippen LogP contribution in [0.3, 0.4) is 0 Å². The molecule has 0 bridgehead atoms. The van der Waals surface area contributed by atoms with E-state index in [4.69, 9.17) is 5.73 Å². The molecule has 1 spiro atoms. The van der Waals surface area contributed by atoms with E-state index in [9.17, 15) is 0 Å². The van der Waals surface area contributed by atoms with Gasteiger partial charge in [-0.25, -0.2) is 0 Å². The molecule has 0 aliphatic heterocycles. The Bertz CT molecular complexity index is 388. The van der Waals surface area contributed by atoms with E-state index in [1.54, 1.807) is 5.56 Å². The van der Waals surface area contributed by atoms with Crippen molar-refractivity contribution in [1.82, 2.24) is 0 Å². The van der Waals surface area contributed by atoms with Gasteiger partial charge in [0.15, 0.2) is 0 Å². The van der Waals surface area contributed by atoms with Crippen molar-refractivity contribution >= 4 is 15.9 Å². The van der Waals surface area contributed by atoms with Crippen LogP contribution in [0.5, 0.6) is 0 Å². The molecule has 2 aliphatic rings. The second-order valence-corrected chi connectivity index (χ2v) is 5.51. The Morgan fingerprint density at radius 3 is 3.07 bits per heavy atom. The molecule has 2 aliphatic carbocycles. The molecule has 0 aromatic heterocycles. The first kappa shape index (κ1) is 8.93. The van der Waals surface area contributed by atoms with Gasteiger partial charge in [0.25, 0.3) is 0 Å². The molecule has 3 rings (SSSR count). The Labute approximate surface area is 92.8 Å². The molecule has 1 nitrogen and oxygen atoms in total. The van der Waals surface area contributed by atoms with Gasteiger partial charge in [0.1, 0.15) is 0 Å². The first-order valence-corrected chi connectivity index (χ1v) is 6.04. The summed E-state index contributed by atoms with van der Waals surface area (Å²) in [5.41, 5.74) is 9.37. The number of hydrogen-bond donors (Lipinski definition) is 1. The number of halogens is 1. The summed E-state index contributed by atoms with van der Waals surface area (Å²) in [5, 5.41) is 0. The molecule has 0 unspecified atom stereocenters. The van der Waals surface area contributed by atoms with Gasteiger partial charge in [-0.3, -0.25) is 0 Å². The number of nitrogens with two attached hydrogens (primary N) is 1. The van der Waals surface area contributed by atoms with E-state index in [1.807, 2.05) is 0 Å². The third-order valence-corrected chi connectivity index (χ3v) is 4.45. The standard InChI is InChI=1S/C12H14BrN/c13-10-1-2-11-8(5-10)3-4-12(11)6-9(12)7-14/h1-2,5,9H,3-4,6-7,14H2/t9-,12-/m1/s1. The predicted octanol–water partition coefficient (Wildman–Crippen LogP) is 2.61. The fraction of sp³-hybridized carbons (Fsp3) is 0.500. The average Bonchev–Trinajstić information content (AvgIpc) is 2.78. The normalized spacial score (nSPS) is 33.4. The fourth-order valence-corrected chi connectivity index (χ4v) is 3.48. The summed E-state index contributed by atoms with van der Waals surface area (Å²) >= 11 is 3.53. The molecule has 0 saturated heterocycles. The van der Waals surface area contributed by atoms with Crippen molar-refractivity contribution in [2.75, 3.05) is 6.54 Å². The van der Waals surface area contributed by atoms with Crippen molar-refractivity contribution in [3.05, 3.63) is 33.8 Å². The molecule has 1 fully saturated rings. The molecule has 0 radical (unpaired) electrons. The van der Waals surface area contributed by atoms with E-state index >= 15 is 0 Å². The monoisotopic (exact) mass is 251 g/mol. The minimum absolute atomic E-state index is 0.491. The molecule has 1 aromatic rings. The Morgan fingerprint density at radius 1 is 1.50 bits per heavy atom. The summed E-state index contributed by atoms with van der Waals surface area (Å²) in [6.07, 6.45) is 3.88. The maximum absolute atomic E-state index is 5.77. The van der Waals surface area contributed by atoms with Crippen LogP contribution in [0.25, 0.3) is 0 Å². The van der Waals surface area contributed by atoms with Crippen LogP contribution in [-0.2, 0) is 11.8 Å². The van der Waals surface area contributed by atoms with Crippen LogP contribution in [0.15, 0.2) is 22.7 Å². The van der Waals surface area contributed by atoms with E-state index in [2.05, 4.69) is 34.1 Å². The van der Waals surface area contributed by atoms with Gasteiger partial charge in [-0.05, 0) is 55.0 Å². The lowest BCUT2D eigenvalue weighted by atomic mass is 9.95. The van der Waals surface area contributed by atoms with E-state index in [0.29, 0.717) is 5.41 Å². The van der Waals surface area contributed by atoms with Gasteiger partial charge in [-0.15, -0.1) is 0 Å². The Morgan fingerprint density at radius 2 is 2.36 bits per heavy atom. The first-order chi connectivity index (χ1) is 6.76. The summed E-state index contributed by atoms with van der Waals surface area (Å²) < 4.78 is 1.21. The van der Waals surface area contributed by atoms with Gasteiger partial charge >= 0.3 is 0 Å². The zero-order valence-electron chi connectivity index (χ0n) is 8.09. The Kier molecular flexibility index (Phi) is 1.80. The molecule has 0 heterocycles. The van der Waals surface area contributed by atoms with Crippen LogP contribution in [0.1, 0.15) is 24.0 Å². The molecule has 1 aromatic carbocycles. The Hall–Kier alpha value is -0.340. The molecule has 0 amide bonds. The van der Waals surface area contributed by atoms with Crippen molar-refractivity contribution < 1.29 is 0 Å². The molecule has 1 saturated carbocycles. The van der Waals surface area contributed by atoms with E-state index < -0.39 is 0 Å². The van der Waals surface area contributed by atoms with Gasteiger partial charge in [0, 0.05) is 9.89 Å². The van der Waals surface area contributed by atoms with Crippen molar-refractivity contribution in [3.8, 4) is 0 Å². The lowest BCUT2D eigenvalue weighted by molar-refractivity contribution is 0.601. The van der Waals surface area contributed by atoms with Crippen molar-refractivity contribution in [1.29, 1.82) is 0 Å². The molecule has 14 heavy (non-hydrogen) atoms. The smallest absolute Gasteiger partial charge is 0.0178 e. The first-order valence-electron chi connectivity index (χ1n) is 5.25. The lowest BCUT2D eigenvalue weighted by Gasteiger charge is -2.10. The third-order valence-electron chi connectivity index (χ3n) is 3.96. The number of aryl methyl sites for hydroxylation is 1. The minimum atomic E-state index is 0.491. The lowest BCUT2D eigenvalue weighted by Crippen LogP contribution is -2.12. The highest BCUT2D eigenvalue weighted by Gasteiger charge is 2.56. The third kappa shape index (κ3) is 1.04. The highest BCUT2D eigenvalue weighted by molar-refractivity contribution is 9.10. The summed E-state index contributed by atoms with van der Waals surface area (Å²) in [6.45, 7) is 0.857. The molecular formula is C12H14BrN. The van der Waals surface area contributed by atoms with Crippen LogP contribution in [0, 0.1) is 5.92 Å². The van der Waals surface area contributed by atoms with Gasteiger partial charge < -0.3 is 5.73 Å². The van der Waals surface area contributed by atoms with Crippen LogP contribution in [-0.4, -0.2) is 6.54 Å². The van der Waals surface area contributed by atoms with Crippen molar-refractivity contribution in [3.63, 3.8) is 0 Å². The van der Waals surface area contributed by atoms with E-state index in [0.717, 1.165) is 12.5 Å². The van der Waals surface area contributed by atoms with Gasteiger partial charge in [0.2, 0.25) is 0 Å². The number of hydrogen-bond acceptors (Lipinski definition) is 1. The zero-order valence-corrected chi connectivity index (χ0v) is 9.68. The van der Waals surface area contributed by atoms with Gasteiger partial charge in [-0.1, -0.05) is 22.0 Å². The molecule has 2 atom stereocenters. The average molecular weight is 252 g/mol. The number of benzene rings is 1. The van der Waals surface area contributed by atoms with Crippen LogP contribution in [0.4, 0.5) is 0 Å². The number of fused-ring (bicyclic) bond motifs is 2. The quantitative estimate of drug-likeness (QED) is 0.816. The minimum Gasteiger partial charge on any atom is -0.330 e. The molecule has 2 heteroatoms. The van der Waals surface area contributed by atoms with Crippen LogP contribution >= 0.6 is 15.9 Å². The molecule has 74 valence electrons. The fourth-order valence-electron chi connectivity index (χ4n) is 3.07. The second-order valence-electron chi connectivity index (χ2n) is 4.59. The Balaban J connectivity index is 2.04. The van der Waals surface area contributed by atoms with Crippen molar-refractivity contribution in [2.45, 2.75) is 24.7 Å². The van der Waals surface area contributed by atoms with Gasteiger partial charge in [0.05, 0.1) is 0 Å². The highest BCUT2D eigenvalue weighted by atomic mass is 79.9. The summed E-state index contributed by atoms with van der Waals surface area (Å²) in [6, 6.07) is 6.73. The maximum Gasteiger partial charge on any atom is 0.0178 e.